The number of nitrogens with one attached hydrogen (secondary N) is 1. The number of rotatable bonds is 7. The number of aliphatic hydroxyl groups excluding tert-OH is 1. The summed E-state index contributed by atoms with van der Waals surface area (Å²) in [5.74, 6) is 0.558. The van der Waals surface area contributed by atoms with Crippen LogP contribution < -0.4 is 5.32 Å². The summed E-state index contributed by atoms with van der Waals surface area (Å²) in [5, 5.41) is 12.2. The fraction of sp³-hybridized carbons (Fsp3) is 0.929. The molecule has 1 saturated carbocycles. The maximum Gasteiger partial charge on any atom is 0.237 e. The molecule has 0 heterocycles. The van der Waals surface area contributed by atoms with Crippen LogP contribution in [0.5, 0.6) is 0 Å². The zero-order valence-corrected chi connectivity index (χ0v) is 12.0. The van der Waals surface area contributed by atoms with Crippen LogP contribution in [0.25, 0.3) is 0 Å². The van der Waals surface area contributed by atoms with Crippen molar-refractivity contribution in [3.63, 3.8) is 0 Å². The Kier molecular flexibility index (Phi) is 6.65. The molecule has 0 aromatic carbocycles. The minimum Gasteiger partial charge on any atom is -0.395 e. The Hall–Kier alpha value is -0.610. The Labute approximate surface area is 111 Å². The molecule has 1 rings (SSSR count). The molecule has 2 N–H and O–H groups in total. The second-order valence-electron chi connectivity index (χ2n) is 5.71. The van der Waals surface area contributed by atoms with Crippen LogP contribution >= 0.6 is 0 Å². The van der Waals surface area contributed by atoms with Crippen molar-refractivity contribution in [2.75, 3.05) is 19.7 Å². The molecule has 0 bridgehead atoms. The fourth-order valence-corrected chi connectivity index (χ4v) is 2.65. The SMILES string of the molecule is CC(C)CNC(=O)C(C)N(CCO)C1CCCC1. The largest absolute Gasteiger partial charge is 0.395 e. The van der Waals surface area contributed by atoms with Gasteiger partial charge in [-0.05, 0) is 25.7 Å². The summed E-state index contributed by atoms with van der Waals surface area (Å²) < 4.78 is 0. The van der Waals surface area contributed by atoms with Gasteiger partial charge in [-0.2, -0.15) is 0 Å². The van der Waals surface area contributed by atoms with Crippen LogP contribution in [0.15, 0.2) is 0 Å². The van der Waals surface area contributed by atoms with Gasteiger partial charge in [0.1, 0.15) is 0 Å². The van der Waals surface area contributed by atoms with Crippen molar-refractivity contribution in [1.29, 1.82) is 0 Å². The molecule has 0 radical (unpaired) electrons. The minimum atomic E-state index is -0.140. The molecule has 106 valence electrons. The summed E-state index contributed by atoms with van der Waals surface area (Å²) in [5.41, 5.74) is 0. The average Bonchev–Trinajstić information content (AvgIpc) is 2.85. The van der Waals surface area contributed by atoms with Gasteiger partial charge in [0.05, 0.1) is 12.6 Å². The van der Waals surface area contributed by atoms with Crippen LogP contribution in [0.2, 0.25) is 0 Å². The van der Waals surface area contributed by atoms with Crippen molar-refractivity contribution < 1.29 is 9.90 Å². The molecule has 0 spiro atoms. The molecule has 1 aliphatic carbocycles. The van der Waals surface area contributed by atoms with Crippen LogP contribution in [0.3, 0.4) is 0 Å². The van der Waals surface area contributed by atoms with Crippen molar-refractivity contribution in [2.24, 2.45) is 5.92 Å². The molecule has 1 aliphatic rings. The van der Waals surface area contributed by atoms with Gasteiger partial charge in [-0.15, -0.1) is 0 Å². The Balaban J connectivity index is 2.52. The monoisotopic (exact) mass is 256 g/mol. The molecule has 0 aliphatic heterocycles. The van der Waals surface area contributed by atoms with Gasteiger partial charge in [0.15, 0.2) is 0 Å². The third-order valence-electron chi connectivity index (χ3n) is 3.71. The lowest BCUT2D eigenvalue weighted by Crippen LogP contribution is -2.50. The third-order valence-corrected chi connectivity index (χ3v) is 3.71. The first-order chi connectivity index (χ1) is 8.56. The van der Waals surface area contributed by atoms with Gasteiger partial charge >= 0.3 is 0 Å². The highest BCUT2D eigenvalue weighted by Crippen LogP contribution is 2.24. The number of hydrogen-bond donors (Lipinski definition) is 2. The Morgan fingerprint density at radius 3 is 2.44 bits per heavy atom. The molecular formula is C14H28N2O2. The van der Waals surface area contributed by atoms with Gasteiger partial charge in [0.25, 0.3) is 0 Å². The number of carbonyl (C=O) groups is 1. The third kappa shape index (κ3) is 4.58. The summed E-state index contributed by atoms with van der Waals surface area (Å²) in [6, 6.07) is 0.330. The molecule has 4 nitrogen and oxygen atoms in total. The summed E-state index contributed by atoms with van der Waals surface area (Å²) in [4.78, 5) is 14.3. The van der Waals surface area contributed by atoms with Crippen LogP contribution in [0.1, 0.15) is 46.5 Å². The van der Waals surface area contributed by atoms with Gasteiger partial charge in [-0.1, -0.05) is 26.7 Å². The topological polar surface area (TPSA) is 52.6 Å². The lowest BCUT2D eigenvalue weighted by molar-refractivity contribution is -0.127. The van der Waals surface area contributed by atoms with Crippen molar-refractivity contribution in [2.45, 2.75) is 58.5 Å². The van der Waals surface area contributed by atoms with E-state index in [-0.39, 0.29) is 18.6 Å². The van der Waals surface area contributed by atoms with E-state index in [9.17, 15) is 9.90 Å². The van der Waals surface area contributed by atoms with E-state index in [1.54, 1.807) is 0 Å². The molecule has 0 saturated heterocycles. The van der Waals surface area contributed by atoms with Gasteiger partial charge < -0.3 is 10.4 Å². The standard InChI is InChI=1S/C14H28N2O2/c1-11(2)10-15-14(18)12(3)16(8-9-17)13-6-4-5-7-13/h11-13,17H,4-10H2,1-3H3,(H,15,18). The van der Waals surface area contributed by atoms with E-state index in [0.29, 0.717) is 18.5 Å². The first kappa shape index (κ1) is 15.4. The van der Waals surface area contributed by atoms with Crippen LogP contribution in [0.4, 0.5) is 0 Å². The van der Waals surface area contributed by atoms with E-state index < -0.39 is 0 Å². The van der Waals surface area contributed by atoms with Gasteiger partial charge in [-0.25, -0.2) is 0 Å². The molecule has 0 aromatic heterocycles. The van der Waals surface area contributed by atoms with E-state index in [1.165, 1.54) is 12.8 Å². The number of amides is 1. The average molecular weight is 256 g/mol. The molecule has 1 amide bonds. The maximum absolute atomic E-state index is 12.1. The zero-order chi connectivity index (χ0) is 13.5. The second-order valence-corrected chi connectivity index (χ2v) is 5.71. The molecule has 1 unspecified atom stereocenters. The van der Waals surface area contributed by atoms with Gasteiger partial charge in [0, 0.05) is 19.1 Å². The predicted octanol–water partition coefficient (Wildman–Crippen LogP) is 1.38. The molecule has 4 heteroatoms. The van der Waals surface area contributed by atoms with Crippen molar-refractivity contribution in [1.82, 2.24) is 10.2 Å². The quantitative estimate of drug-likeness (QED) is 0.723. The van der Waals surface area contributed by atoms with E-state index in [4.69, 9.17) is 0 Å². The predicted molar refractivity (Wildman–Crippen MR) is 73.4 cm³/mol. The van der Waals surface area contributed by atoms with E-state index in [0.717, 1.165) is 19.4 Å². The highest BCUT2D eigenvalue weighted by atomic mass is 16.3. The lowest BCUT2D eigenvalue weighted by atomic mass is 10.1. The summed E-state index contributed by atoms with van der Waals surface area (Å²) in [7, 11) is 0. The number of nitrogens with zero attached hydrogens (tertiary/aromatic N) is 1. The highest BCUT2D eigenvalue weighted by Gasteiger charge is 2.29. The molecule has 1 atom stereocenters. The molecule has 18 heavy (non-hydrogen) atoms. The maximum atomic E-state index is 12.1. The second kappa shape index (κ2) is 7.74. The number of aliphatic hydroxyl groups is 1. The highest BCUT2D eigenvalue weighted by molar-refractivity contribution is 5.81. The van der Waals surface area contributed by atoms with Crippen LogP contribution in [-0.2, 0) is 4.79 Å². The summed E-state index contributed by atoms with van der Waals surface area (Å²) >= 11 is 0. The molecule has 1 fully saturated rings. The Morgan fingerprint density at radius 2 is 1.94 bits per heavy atom. The lowest BCUT2D eigenvalue weighted by Gasteiger charge is -2.33. The van der Waals surface area contributed by atoms with Crippen molar-refractivity contribution in [3.8, 4) is 0 Å². The van der Waals surface area contributed by atoms with E-state index in [2.05, 4.69) is 24.1 Å². The minimum absolute atomic E-state index is 0.0871. The molecular weight excluding hydrogens is 228 g/mol. The smallest absolute Gasteiger partial charge is 0.237 e. The Morgan fingerprint density at radius 1 is 1.33 bits per heavy atom. The molecule has 0 aromatic rings. The fourth-order valence-electron chi connectivity index (χ4n) is 2.65. The Bertz CT molecular complexity index is 250. The summed E-state index contributed by atoms with van der Waals surface area (Å²) in [6.07, 6.45) is 4.80. The summed E-state index contributed by atoms with van der Waals surface area (Å²) in [6.45, 7) is 7.57. The number of hydrogen-bond acceptors (Lipinski definition) is 3. The number of carbonyl (C=O) groups excluding carboxylic acids is 1. The van der Waals surface area contributed by atoms with Crippen LogP contribution in [-0.4, -0.2) is 47.7 Å². The first-order valence-electron chi connectivity index (χ1n) is 7.20. The van der Waals surface area contributed by atoms with Crippen molar-refractivity contribution in [3.05, 3.63) is 0 Å². The normalized spacial score (nSPS) is 18.6. The first-order valence-corrected chi connectivity index (χ1v) is 7.20. The van der Waals surface area contributed by atoms with Crippen molar-refractivity contribution >= 4 is 5.91 Å². The van der Waals surface area contributed by atoms with E-state index >= 15 is 0 Å². The zero-order valence-electron chi connectivity index (χ0n) is 12.0. The van der Waals surface area contributed by atoms with Gasteiger partial charge in [0.2, 0.25) is 5.91 Å². The van der Waals surface area contributed by atoms with E-state index in [1.807, 2.05) is 6.92 Å². The van der Waals surface area contributed by atoms with Crippen LogP contribution in [0, 0.1) is 5.92 Å². The van der Waals surface area contributed by atoms with Gasteiger partial charge in [-0.3, -0.25) is 9.69 Å².